The van der Waals surface area contributed by atoms with Gasteiger partial charge in [0.05, 0.1) is 12.3 Å². The van der Waals surface area contributed by atoms with Crippen LogP contribution in [0.2, 0.25) is 0 Å². The lowest BCUT2D eigenvalue weighted by Crippen LogP contribution is -1.92. The number of rotatable bonds is 2. The molecular weight excluding hydrogens is 164 g/mol. The highest BCUT2D eigenvalue weighted by Crippen LogP contribution is 1.81. The molecule has 0 amide bonds. The van der Waals surface area contributed by atoms with Crippen molar-refractivity contribution in [3.63, 3.8) is 0 Å². The van der Waals surface area contributed by atoms with E-state index >= 15 is 0 Å². The first-order valence-electron chi connectivity index (χ1n) is 2.84. The van der Waals surface area contributed by atoms with Crippen LogP contribution in [0.4, 0.5) is 0 Å². The number of aliphatic hydroxyl groups excluding tert-OH is 1. The van der Waals surface area contributed by atoms with Crippen molar-refractivity contribution in [3.8, 4) is 0 Å². The number of carbonyl (C=O) groups is 2. The molecule has 0 atom stereocenters. The molecule has 0 aromatic heterocycles. The lowest BCUT2D eigenvalue weighted by Gasteiger charge is -1.79. The number of aliphatic carboxylic acids is 2. The Morgan fingerprint density at radius 1 is 1.33 bits per heavy atom. The van der Waals surface area contributed by atoms with Crippen molar-refractivity contribution in [2.45, 2.75) is 6.92 Å². The Morgan fingerprint density at radius 2 is 1.67 bits per heavy atom. The Bertz CT molecular complexity index is 192. The van der Waals surface area contributed by atoms with Gasteiger partial charge in [-0.05, 0) is 6.92 Å². The molecule has 0 spiro atoms. The first-order valence-corrected chi connectivity index (χ1v) is 2.84. The van der Waals surface area contributed by atoms with Gasteiger partial charge in [-0.15, -0.1) is 0 Å². The van der Waals surface area contributed by atoms with Crippen LogP contribution in [-0.2, 0) is 9.59 Å². The highest BCUT2D eigenvalue weighted by molar-refractivity contribution is 5.84. The molecule has 0 saturated carbocycles. The van der Waals surface area contributed by atoms with Crippen LogP contribution in [0.15, 0.2) is 24.5 Å². The molecule has 0 aromatic carbocycles. The first kappa shape index (κ1) is 12.9. The van der Waals surface area contributed by atoms with E-state index in [1.54, 1.807) is 0 Å². The molecule has 12 heavy (non-hydrogen) atoms. The van der Waals surface area contributed by atoms with Gasteiger partial charge in [-0.2, -0.15) is 0 Å². The summed E-state index contributed by atoms with van der Waals surface area (Å²) in [5, 5.41) is 23.2. The minimum absolute atomic E-state index is 0.176. The second kappa shape index (κ2) is 7.33. The van der Waals surface area contributed by atoms with Gasteiger partial charge in [-0.1, -0.05) is 6.58 Å². The SMILES string of the molecule is C=C(C)C(=O)O.O=C(O)C=CO. The van der Waals surface area contributed by atoms with Crippen LogP contribution in [0.25, 0.3) is 0 Å². The molecule has 0 aliphatic carbocycles. The molecule has 0 fully saturated rings. The molecule has 3 N–H and O–H groups in total. The van der Waals surface area contributed by atoms with Gasteiger partial charge >= 0.3 is 11.9 Å². The first-order chi connectivity index (χ1) is 5.41. The fourth-order valence-corrected chi connectivity index (χ4v) is 0.0638. The molecule has 0 unspecified atom stereocenters. The summed E-state index contributed by atoms with van der Waals surface area (Å²) >= 11 is 0. The molecule has 0 aromatic rings. The van der Waals surface area contributed by atoms with Gasteiger partial charge in [-0.25, -0.2) is 9.59 Å². The largest absolute Gasteiger partial charge is 0.515 e. The van der Waals surface area contributed by atoms with E-state index in [1.807, 2.05) is 0 Å². The normalized spacial score (nSPS) is 8.42. The average molecular weight is 174 g/mol. The van der Waals surface area contributed by atoms with Crippen molar-refractivity contribution >= 4 is 11.9 Å². The zero-order chi connectivity index (χ0) is 10.1. The molecule has 0 bridgehead atoms. The Labute approximate surface area is 69.3 Å². The molecule has 5 heteroatoms. The van der Waals surface area contributed by atoms with Crippen molar-refractivity contribution in [1.82, 2.24) is 0 Å². The van der Waals surface area contributed by atoms with Gasteiger partial charge in [0.15, 0.2) is 0 Å². The quantitative estimate of drug-likeness (QED) is 0.425. The third-order valence-electron chi connectivity index (χ3n) is 0.582. The molecule has 0 rings (SSSR count). The minimum Gasteiger partial charge on any atom is -0.515 e. The zero-order valence-corrected chi connectivity index (χ0v) is 6.52. The maximum Gasteiger partial charge on any atom is 0.331 e. The summed E-state index contributed by atoms with van der Waals surface area (Å²) in [6, 6.07) is 0. The van der Waals surface area contributed by atoms with Crippen LogP contribution in [0.5, 0.6) is 0 Å². The van der Waals surface area contributed by atoms with Crippen molar-refractivity contribution in [2.24, 2.45) is 0 Å². The Balaban J connectivity index is 0. The maximum absolute atomic E-state index is 9.60. The van der Waals surface area contributed by atoms with Gasteiger partial charge in [0.25, 0.3) is 0 Å². The van der Waals surface area contributed by atoms with Crippen LogP contribution in [0, 0.1) is 0 Å². The van der Waals surface area contributed by atoms with E-state index in [2.05, 4.69) is 6.58 Å². The predicted molar refractivity (Wildman–Crippen MR) is 41.9 cm³/mol. The summed E-state index contributed by atoms with van der Waals surface area (Å²) in [6.07, 6.45) is 1.11. The molecule has 0 saturated heterocycles. The van der Waals surface area contributed by atoms with Crippen molar-refractivity contribution < 1.29 is 24.9 Å². The second-order valence-corrected chi connectivity index (χ2v) is 1.74. The Kier molecular flexibility index (Phi) is 7.85. The summed E-state index contributed by atoms with van der Waals surface area (Å²) in [6.45, 7) is 4.60. The fourth-order valence-electron chi connectivity index (χ4n) is 0.0638. The Morgan fingerprint density at radius 3 is 1.67 bits per heavy atom. The number of hydrogen-bond acceptors (Lipinski definition) is 3. The molecule has 0 heterocycles. The molecular formula is C7H10O5. The van der Waals surface area contributed by atoms with Gasteiger partial charge < -0.3 is 15.3 Å². The summed E-state index contributed by atoms with van der Waals surface area (Å²) in [7, 11) is 0. The van der Waals surface area contributed by atoms with E-state index in [1.165, 1.54) is 6.92 Å². The van der Waals surface area contributed by atoms with Gasteiger partial charge in [0.1, 0.15) is 0 Å². The number of carboxylic acid groups (broad SMARTS) is 2. The van der Waals surface area contributed by atoms with Gasteiger partial charge in [0.2, 0.25) is 0 Å². The number of hydrogen-bond donors (Lipinski definition) is 3. The summed E-state index contributed by atoms with van der Waals surface area (Å²) in [5.41, 5.74) is 0.176. The standard InChI is InChI=1S/C4H6O2.C3H4O3/c1-3(2)4(5)6;4-2-1-3(5)6/h1H2,2H3,(H,5,6);1-2,4H,(H,5,6). The summed E-state index contributed by atoms with van der Waals surface area (Å²) in [5.74, 6) is -2.08. The van der Waals surface area contributed by atoms with Crippen LogP contribution < -0.4 is 0 Å². The summed E-state index contributed by atoms with van der Waals surface area (Å²) < 4.78 is 0. The molecule has 0 aliphatic rings. The third-order valence-corrected chi connectivity index (χ3v) is 0.582. The van der Waals surface area contributed by atoms with Crippen LogP contribution in [0.1, 0.15) is 6.92 Å². The molecule has 5 nitrogen and oxygen atoms in total. The monoisotopic (exact) mass is 174 g/mol. The van der Waals surface area contributed by atoms with E-state index in [4.69, 9.17) is 15.3 Å². The van der Waals surface area contributed by atoms with E-state index in [-0.39, 0.29) is 5.57 Å². The van der Waals surface area contributed by atoms with Crippen molar-refractivity contribution in [1.29, 1.82) is 0 Å². The van der Waals surface area contributed by atoms with E-state index < -0.39 is 11.9 Å². The smallest absolute Gasteiger partial charge is 0.331 e. The average Bonchev–Trinajstić information content (AvgIpc) is 1.87. The number of carboxylic acids is 2. The van der Waals surface area contributed by atoms with Crippen LogP contribution in [-0.4, -0.2) is 27.3 Å². The third kappa shape index (κ3) is 15.7. The second-order valence-electron chi connectivity index (χ2n) is 1.74. The highest BCUT2D eigenvalue weighted by Gasteiger charge is 1.90. The number of aliphatic hydroxyl groups is 1. The predicted octanol–water partition coefficient (Wildman–Crippen LogP) is 0.790. The molecule has 0 aliphatic heterocycles. The summed E-state index contributed by atoms with van der Waals surface area (Å²) in [4.78, 5) is 19.0. The van der Waals surface area contributed by atoms with E-state index in [0.29, 0.717) is 12.3 Å². The Hall–Kier alpha value is -1.78. The lowest BCUT2D eigenvalue weighted by molar-refractivity contribution is -0.133. The van der Waals surface area contributed by atoms with Crippen molar-refractivity contribution in [3.05, 3.63) is 24.5 Å². The molecule has 0 radical (unpaired) electrons. The lowest BCUT2D eigenvalue weighted by atomic mass is 10.4. The topological polar surface area (TPSA) is 94.8 Å². The van der Waals surface area contributed by atoms with Gasteiger partial charge in [0, 0.05) is 5.57 Å². The fraction of sp³-hybridized carbons (Fsp3) is 0.143. The van der Waals surface area contributed by atoms with Crippen LogP contribution in [0.3, 0.4) is 0 Å². The zero-order valence-electron chi connectivity index (χ0n) is 6.52. The van der Waals surface area contributed by atoms with E-state index in [9.17, 15) is 9.59 Å². The maximum atomic E-state index is 9.60. The van der Waals surface area contributed by atoms with Crippen molar-refractivity contribution in [2.75, 3.05) is 0 Å². The minimum atomic E-state index is -1.14. The van der Waals surface area contributed by atoms with Gasteiger partial charge in [-0.3, -0.25) is 0 Å². The highest BCUT2D eigenvalue weighted by atomic mass is 16.4. The van der Waals surface area contributed by atoms with E-state index in [0.717, 1.165) is 0 Å². The molecule has 68 valence electrons. The van der Waals surface area contributed by atoms with Crippen LogP contribution >= 0.6 is 0 Å².